The third kappa shape index (κ3) is 3.00. The number of rotatable bonds is 2. The Hall–Kier alpha value is -1.08. The van der Waals surface area contributed by atoms with Gasteiger partial charge in [-0.2, -0.15) is 0 Å². The molecule has 0 heterocycles. The van der Waals surface area contributed by atoms with Crippen LogP contribution in [0.3, 0.4) is 0 Å². The molecule has 1 rings (SSSR count). The standard InChI is InChI=1S/C12H13ClO/c1-8(2)4-12(14)10-5-9(3)6-11(13)7-10/h4-7H,1-3H3. The molecule has 14 heavy (non-hydrogen) atoms. The average molecular weight is 209 g/mol. The lowest BCUT2D eigenvalue weighted by Crippen LogP contribution is -1.95. The van der Waals surface area contributed by atoms with Crippen LogP contribution in [0.5, 0.6) is 0 Å². The molecule has 0 saturated carbocycles. The quantitative estimate of drug-likeness (QED) is 0.534. The first kappa shape index (κ1) is 11.0. The van der Waals surface area contributed by atoms with Crippen LogP contribution in [0.25, 0.3) is 0 Å². The summed E-state index contributed by atoms with van der Waals surface area (Å²) in [5.41, 5.74) is 2.65. The lowest BCUT2D eigenvalue weighted by Gasteiger charge is -2.00. The molecule has 0 aromatic heterocycles. The van der Waals surface area contributed by atoms with Crippen LogP contribution in [0.15, 0.2) is 29.8 Å². The number of hydrogen-bond acceptors (Lipinski definition) is 1. The van der Waals surface area contributed by atoms with E-state index in [9.17, 15) is 4.79 Å². The second-order valence-electron chi connectivity index (χ2n) is 3.60. The summed E-state index contributed by atoms with van der Waals surface area (Å²) in [5.74, 6) is 0.00981. The Morgan fingerprint density at radius 3 is 2.43 bits per heavy atom. The monoisotopic (exact) mass is 208 g/mol. The van der Waals surface area contributed by atoms with Gasteiger partial charge in [0, 0.05) is 10.6 Å². The largest absolute Gasteiger partial charge is 0.289 e. The fourth-order valence-electron chi connectivity index (χ4n) is 1.22. The van der Waals surface area contributed by atoms with Crippen LogP contribution in [0, 0.1) is 6.92 Å². The molecule has 0 unspecified atom stereocenters. The van der Waals surface area contributed by atoms with Crippen LogP contribution >= 0.6 is 11.6 Å². The van der Waals surface area contributed by atoms with E-state index in [1.165, 1.54) is 0 Å². The first-order valence-corrected chi connectivity index (χ1v) is 4.83. The van der Waals surface area contributed by atoms with Crippen molar-refractivity contribution in [1.29, 1.82) is 0 Å². The molecule has 0 aliphatic heterocycles. The summed E-state index contributed by atoms with van der Waals surface area (Å²) in [5, 5.41) is 0.607. The maximum atomic E-state index is 11.6. The third-order valence-electron chi connectivity index (χ3n) is 1.75. The van der Waals surface area contributed by atoms with Crippen LogP contribution in [0.1, 0.15) is 29.8 Å². The zero-order valence-corrected chi connectivity index (χ0v) is 9.35. The fraction of sp³-hybridized carbons (Fsp3) is 0.250. The van der Waals surface area contributed by atoms with Crippen molar-refractivity contribution in [2.75, 3.05) is 0 Å². The molecule has 74 valence electrons. The number of ketones is 1. The normalized spacial score (nSPS) is 9.71. The third-order valence-corrected chi connectivity index (χ3v) is 1.96. The van der Waals surface area contributed by atoms with Crippen molar-refractivity contribution < 1.29 is 4.79 Å². The smallest absolute Gasteiger partial charge is 0.185 e. The molecule has 0 N–H and O–H groups in total. The highest BCUT2D eigenvalue weighted by Gasteiger charge is 2.03. The molecule has 0 radical (unpaired) electrons. The lowest BCUT2D eigenvalue weighted by atomic mass is 10.1. The van der Waals surface area contributed by atoms with Crippen molar-refractivity contribution in [3.63, 3.8) is 0 Å². The minimum atomic E-state index is 0.00981. The van der Waals surface area contributed by atoms with Crippen LogP contribution < -0.4 is 0 Å². The van der Waals surface area contributed by atoms with Crippen LogP contribution in [-0.4, -0.2) is 5.78 Å². The Balaban J connectivity index is 3.08. The number of hydrogen-bond donors (Lipinski definition) is 0. The molecule has 1 aromatic rings. The van der Waals surface area contributed by atoms with Crippen molar-refractivity contribution in [2.24, 2.45) is 0 Å². The van der Waals surface area contributed by atoms with Gasteiger partial charge in [0.05, 0.1) is 0 Å². The van der Waals surface area contributed by atoms with Crippen molar-refractivity contribution >= 4 is 17.4 Å². The second kappa shape index (κ2) is 4.43. The zero-order valence-electron chi connectivity index (χ0n) is 8.60. The molecular weight excluding hydrogens is 196 g/mol. The molecule has 1 aromatic carbocycles. The van der Waals surface area contributed by atoms with E-state index < -0.39 is 0 Å². The zero-order chi connectivity index (χ0) is 10.7. The number of benzene rings is 1. The maximum absolute atomic E-state index is 11.6. The van der Waals surface area contributed by atoms with Crippen molar-refractivity contribution in [3.05, 3.63) is 46.0 Å². The summed E-state index contributed by atoms with van der Waals surface area (Å²) in [4.78, 5) is 11.6. The Kier molecular flexibility index (Phi) is 3.48. The number of carbonyl (C=O) groups excluding carboxylic acids is 1. The molecular formula is C12H13ClO. The molecule has 2 heteroatoms. The molecule has 0 saturated heterocycles. The summed E-state index contributed by atoms with van der Waals surface area (Å²) in [6, 6.07) is 5.37. The molecule has 1 nitrogen and oxygen atoms in total. The first-order chi connectivity index (χ1) is 6.49. The highest BCUT2D eigenvalue weighted by atomic mass is 35.5. The number of carbonyl (C=O) groups is 1. The van der Waals surface area contributed by atoms with Crippen LogP contribution in [0.4, 0.5) is 0 Å². The van der Waals surface area contributed by atoms with Gasteiger partial charge in [0.2, 0.25) is 0 Å². The van der Waals surface area contributed by atoms with Crippen molar-refractivity contribution in [2.45, 2.75) is 20.8 Å². The van der Waals surface area contributed by atoms with Gasteiger partial charge in [-0.25, -0.2) is 0 Å². The highest BCUT2D eigenvalue weighted by Crippen LogP contribution is 2.15. The SMILES string of the molecule is CC(C)=CC(=O)c1cc(C)cc(Cl)c1. The van der Waals surface area contributed by atoms with E-state index in [1.54, 1.807) is 12.1 Å². The van der Waals surface area contributed by atoms with Crippen LogP contribution in [-0.2, 0) is 0 Å². The Morgan fingerprint density at radius 2 is 1.93 bits per heavy atom. The van der Waals surface area contributed by atoms with E-state index in [2.05, 4.69) is 0 Å². The van der Waals surface area contributed by atoms with E-state index in [1.807, 2.05) is 32.9 Å². The van der Waals surface area contributed by atoms with E-state index in [4.69, 9.17) is 11.6 Å². The van der Waals surface area contributed by atoms with E-state index in [0.29, 0.717) is 10.6 Å². The van der Waals surface area contributed by atoms with E-state index >= 15 is 0 Å². The predicted molar refractivity (Wildman–Crippen MR) is 60.0 cm³/mol. The number of halogens is 1. The van der Waals surface area contributed by atoms with Gasteiger partial charge in [-0.05, 0) is 50.6 Å². The van der Waals surface area contributed by atoms with E-state index in [0.717, 1.165) is 11.1 Å². The minimum absolute atomic E-state index is 0.00981. The van der Waals surface area contributed by atoms with Crippen LogP contribution in [0.2, 0.25) is 5.02 Å². The number of aryl methyl sites for hydroxylation is 1. The summed E-state index contributed by atoms with van der Waals surface area (Å²) in [7, 11) is 0. The van der Waals surface area contributed by atoms with Gasteiger partial charge in [-0.15, -0.1) is 0 Å². The first-order valence-electron chi connectivity index (χ1n) is 4.45. The van der Waals surface area contributed by atoms with E-state index in [-0.39, 0.29) is 5.78 Å². The molecule has 0 bridgehead atoms. The summed E-state index contributed by atoms with van der Waals surface area (Å²) < 4.78 is 0. The average Bonchev–Trinajstić information content (AvgIpc) is 2.00. The van der Waals surface area contributed by atoms with Gasteiger partial charge in [0.25, 0.3) is 0 Å². The predicted octanol–water partition coefficient (Wildman–Crippen LogP) is 3.80. The minimum Gasteiger partial charge on any atom is -0.289 e. The molecule has 0 aliphatic rings. The van der Waals surface area contributed by atoms with Gasteiger partial charge >= 0.3 is 0 Å². The number of allylic oxidation sites excluding steroid dienone is 2. The summed E-state index contributed by atoms with van der Waals surface area (Å²) >= 11 is 5.86. The van der Waals surface area contributed by atoms with Crippen molar-refractivity contribution in [1.82, 2.24) is 0 Å². The maximum Gasteiger partial charge on any atom is 0.185 e. The Morgan fingerprint density at radius 1 is 1.29 bits per heavy atom. The van der Waals surface area contributed by atoms with Crippen molar-refractivity contribution in [3.8, 4) is 0 Å². The second-order valence-corrected chi connectivity index (χ2v) is 4.04. The molecule has 0 fully saturated rings. The van der Waals surface area contributed by atoms with Gasteiger partial charge in [0.15, 0.2) is 5.78 Å². The highest BCUT2D eigenvalue weighted by molar-refractivity contribution is 6.31. The topological polar surface area (TPSA) is 17.1 Å². The Bertz CT molecular complexity index is 367. The molecule has 0 spiro atoms. The fourth-order valence-corrected chi connectivity index (χ4v) is 1.51. The molecule has 0 aliphatic carbocycles. The van der Waals surface area contributed by atoms with Gasteiger partial charge in [-0.1, -0.05) is 17.2 Å². The lowest BCUT2D eigenvalue weighted by molar-refractivity contribution is 0.104. The summed E-state index contributed by atoms with van der Waals surface area (Å²) in [6.07, 6.45) is 1.62. The van der Waals surface area contributed by atoms with Gasteiger partial charge < -0.3 is 0 Å². The van der Waals surface area contributed by atoms with Gasteiger partial charge in [0.1, 0.15) is 0 Å². The summed E-state index contributed by atoms with van der Waals surface area (Å²) in [6.45, 7) is 5.72. The molecule has 0 atom stereocenters. The molecule has 0 amide bonds. The van der Waals surface area contributed by atoms with Gasteiger partial charge in [-0.3, -0.25) is 4.79 Å². The Labute approximate surface area is 89.4 Å².